The molecule has 0 unspecified atom stereocenters. The lowest BCUT2D eigenvalue weighted by Crippen LogP contribution is -2.39. The van der Waals surface area contributed by atoms with E-state index in [2.05, 4.69) is 0 Å². The largest absolute Gasteiger partial charge is 0.396 e. The molecular weight excluding hydrogens is 250 g/mol. The second-order valence-corrected chi connectivity index (χ2v) is 6.70. The molecule has 0 saturated carbocycles. The van der Waals surface area contributed by atoms with Gasteiger partial charge in [0.2, 0.25) is 10.0 Å². The zero-order valence-electron chi connectivity index (χ0n) is 10.5. The first-order valence-electron chi connectivity index (χ1n) is 6.22. The highest BCUT2D eigenvalue weighted by Gasteiger charge is 2.29. The summed E-state index contributed by atoms with van der Waals surface area (Å²) in [4.78, 5) is 0.396. The van der Waals surface area contributed by atoms with E-state index in [0.717, 1.165) is 18.4 Å². The monoisotopic (exact) mass is 269 g/mol. The maximum Gasteiger partial charge on any atom is 0.243 e. The third-order valence-corrected chi connectivity index (χ3v) is 5.60. The zero-order chi connectivity index (χ0) is 13.2. The first kappa shape index (κ1) is 13.5. The van der Waals surface area contributed by atoms with E-state index < -0.39 is 10.0 Å². The summed E-state index contributed by atoms with van der Waals surface area (Å²) in [7, 11) is -3.37. The molecule has 0 aliphatic carbocycles. The lowest BCUT2D eigenvalue weighted by Gasteiger charge is -2.30. The van der Waals surface area contributed by atoms with Gasteiger partial charge < -0.3 is 5.11 Å². The van der Waals surface area contributed by atoms with Crippen molar-refractivity contribution in [3.63, 3.8) is 0 Å². The van der Waals surface area contributed by atoms with Gasteiger partial charge in [0.05, 0.1) is 4.90 Å². The molecule has 1 aliphatic rings. The van der Waals surface area contributed by atoms with Gasteiger partial charge >= 0.3 is 0 Å². The number of aliphatic hydroxyl groups is 1. The Labute approximate surface area is 108 Å². The third kappa shape index (κ3) is 2.58. The van der Waals surface area contributed by atoms with E-state index in [-0.39, 0.29) is 12.5 Å². The van der Waals surface area contributed by atoms with Crippen molar-refractivity contribution in [2.24, 2.45) is 5.92 Å². The molecule has 0 spiro atoms. The molecule has 0 atom stereocenters. The van der Waals surface area contributed by atoms with Crippen LogP contribution in [0.5, 0.6) is 0 Å². The van der Waals surface area contributed by atoms with Crippen molar-refractivity contribution in [2.75, 3.05) is 19.7 Å². The maximum atomic E-state index is 12.5. The molecular formula is C13H19NO3S. The third-order valence-electron chi connectivity index (χ3n) is 3.54. The average molecular weight is 269 g/mol. The van der Waals surface area contributed by atoms with Gasteiger partial charge in [-0.05, 0) is 37.3 Å². The van der Waals surface area contributed by atoms with Crippen molar-refractivity contribution in [1.82, 2.24) is 4.31 Å². The van der Waals surface area contributed by atoms with Crippen LogP contribution in [0.4, 0.5) is 0 Å². The normalized spacial score (nSPS) is 19.0. The topological polar surface area (TPSA) is 57.6 Å². The van der Waals surface area contributed by atoms with E-state index >= 15 is 0 Å². The number of piperidine rings is 1. The van der Waals surface area contributed by atoms with Gasteiger partial charge in [0.15, 0.2) is 0 Å². The highest BCUT2D eigenvalue weighted by atomic mass is 32.2. The van der Waals surface area contributed by atoms with Crippen molar-refractivity contribution < 1.29 is 13.5 Å². The van der Waals surface area contributed by atoms with Crippen LogP contribution in [0, 0.1) is 12.8 Å². The summed E-state index contributed by atoms with van der Waals surface area (Å²) in [5, 5.41) is 9.07. The Balaban J connectivity index is 2.20. The van der Waals surface area contributed by atoms with Gasteiger partial charge in [0.25, 0.3) is 0 Å². The Morgan fingerprint density at radius 1 is 1.28 bits per heavy atom. The molecule has 4 nitrogen and oxygen atoms in total. The van der Waals surface area contributed by atoms with Crippen LogP contribution in [0.1, 0.15) is 18.4 Å². The van der Waals surface area contributed by atoms with Crippen LogP contribution < -0.4 is 0 Å². The van der Waals surface area contributed by atoms with Crippen molar-refractivity contribution in [3.8, 4) is 0 Å². The minimum absolute atomic E-state index is 0.151. The van der Waals surface area contributed by atoms with Crippen molar-refractivity contribution >= 4 is 10.0 Å². The summed E-state index contributed by atoms with van der Waals surface area (Å²) in [6.07, 6.45) is 1.48. The van der Waals surface area contributed by atoms with Crippen LogP contribution >= 0.6 is 0 Å². The second kappa shape index (κ2) is 5.38. The van der Waals surface area contributed by atoms with Crippen LogP contribution in [0.2, 0.25) is 0 Å². The molecule has 100 valence electrons. The molecule has 0 amide bonds. The fourth-order valence-electron chi connectivity index (χ4n) is 2.32. The smallest absolute Gasteiger partial charge is 0.243 e. The number of aryl methyl sites for hydroxylation is 1. The first-order chi connectivity index (χ1) is 8.55. The van der Waals surface area contributed by atoms with E-state index in [0.29, 0.717) is 18.0 Å². The minimum Gasteiger partial charge on any atom is -0.396 e. The number of aliphatic hydroxyl groups excluding tert-OH is 1. The summed E-state index contributed by atoms with van der Waals surface area (Å²) < 4.78 is 26.5. The fourth-order valence-corrected chi connectivity index (χ4v) is 4.01. The number of sulfonamides is 1. The molecule has 0 aromatic heterocycles. The van der Waals surface area contributed by atoms with Crippen LogP contribution in [0.3, 0.4) is 0 Å². The molecule has 1 saturated heterocycles. The Kier molecular flexibility index (Phi) is 4.04. The van der Waals surface area contributed by atoms with E-state index in [1.165, 1.54) is 4.31 Å². The van der Waals surface area contributed by atoms with Gasteiger partial charge in [-0.25, -0.2) is 8.42 Å². The van der Waals surface area contributed by atoms with E-state index in [4.69, 9.17) is 5.11 Å². The summed E-state index contributed by atoms with van der Waals surface area (Å²) in [5.41, 5.74) is 0.779. The van der Waals surface area contributed by atoms with Gasteiger partial charge in [-0.15, -0.1) is 0 Å². The predicted octanol–water partition coefficient (Wildman–Crippen LogP) is 1.39. The highest BCUT2D eigenvalue weighted by Crippen LogP contribution is 2.25. The minimum atomic E-state index is -3.37. The van der Waals surface area contributed by atoms with Gasteiger partial charge in [-0.2, -0.15) is 4.31 Å². The number of benzene rings is 1. The second-order valence-electron chi connectivity index (χ2n) is 4.80. The lowest BCUT2D eigenvalue weighted by molar-refractivity contribution is 0.170. The molecule has 1 aromatic rings. The van der Waals surface area contributed by atoms with Gasteiger partial charge in [0.1, 0.15) is 0 Å². The standard InChI is InChI=1S/C13H19NO3S/c1-11-4-2-3-5-13(11)18(16,17)14-8-6-12(10-15)7-9-14/h2-5,12,15H,6-10H2,1H3. The van der Waals surface area contributed by atoms with Crippen molar-refractivity contribution in [1.29, 1.82) is 0 Å². The Hall–Kier alpha value is -0.910. The number of rotatable bonds is 3. The van der Waals surface area contributed by atoms with Gasteiger partial charge in [-0.3, -0.25) is 0 Å². The zero-order valence-corrected chi connectivity index (χ0v) is 11.4. The highest BCUT2D eigenvalue weighted by molar-refractivity contribution is 7.89. The van der Waals surface area contributed by atoms with Crippen molar-refractivity contribution in [2.45, 2.75) is 24.7 Å². The summed E-state index contributed by atoms with van der Waals surface area (Å²) in [5.74, 6) is 0.244. The molecule has 1 aliphatic heterocycles. The quantitative estimate of drug-likeness (QED) is 0.902. The lowest BCUT2D eigenvalue weighted by atomic mass is 10.00. The SMILES string of the molecule is Cc1ccccc1S(=O)(=O)N1CCC(CO)CC1. The van der Waals surface area contributed by atoms with Crippen LogP contribution in [-0.4, -0.2) is 37.5 Å². The Morgan fingerprint density at radius 3 is 2.44 bits per heavy atom. The molecule has 1 N–H and O–H groups in total. The average Bonchev–Trinajstić information content (AvgIpc) is 2.39. The molecule has 5 heteroatoms. The van der Waals surface area contributed by atoms with Gasteiger partial charge in [-0.1, -0.05) is 18.2 Å². The van der Waals surface area contributed by atoms with Crippen LogP contribution in [-0.2, 0) is 10.0 Å². The summed E-state index contributed by atoms with van der Waals surface area (Å²) in [6.45, 7) is 2.97. The molecule has 1 heterocycles. The number of hydrogen-bond acceptors (Lipinski definition) is 3. The fraction of sp³-hybridized carbons (Fsp3) is 0.538. The van der Waals surface area contributed by atoms with Crippen LogP contribution in [0.15, 0.2) is 29.2 Å². The first-order valence-corrected chi connectivity index (χ1v) is 7.66. The van der Waals surface area contributed by atoms with E-state index in [1.54, 1.807) is 12.1 Å². The van der Waals surface area contributed by atoms with Crippen LogP contribution in [0.25, 0.3) is 0 Å². The molecule has 0 radical (unpaired) electrons. The molecule has 1 fully saturated rings. The number of hydrogen-bond donors (Lipinski definition) is 1. The summed E-state index contributed by atoms with van der Waals surface area (Å²) >= 11 is 0. The van der Waals surface area contributed by atoms with Gasteiger partial charge in [0, 0.05) is 19.7 Å². The van der Waals surface area contributed by atoms with E-state index in [1.807, 2.05) is 19.1 Å². The van der Waals surface area contributed by atoms with E-state index in [9.17, 15) is 8.42 Å². The van der Waals surface area contributed by atoms with Crippen molar-refractivity contribution in [3.05, 3.63) is 29.8 Å². The predicted molar refractivity (Wildman–Crippen MR) is 69.7 cm³/mol. The Bertz CT molecular complexity index is 505. The Morgan fingerprint density at radius 2 is 1.89 bits per heavy atom. The molecule has 0 bridgehead atoms. The molecule has 2 rings (SSSR count). The number of nitrogens with zero attached hydrogens (tertiary/aromatic N) is 1. The maximum absolute atomic E-state index is 12.5. The summed E-state index contributed by atoms with van der Waals surface area (Å²) in [6, 6.07) is 7.06. The molecule has 1 aromatic carbocycles. The molecule has 18 heavy (non-hydrogen) atoms.